The molecule has 3 rings (SSSR count). The van der Waals surface area contributed by atoms with E-state index in [0.29, 0.717) is 17.9 Å². The number of imidazole rings is 1. The van der Waals surface area contributed by atoms with Crippen molar-refractivity contribution in [3.8, 4) is 5.75 Å². The second-order valence-electron chi connectivity index (χ2n) is 3.49. The lowest BCUT2D eigenvalue weighted by Crippen LogP contribution is -2.12. The standard InChI is InChI=1S/C10H9N3O2/c11-10(14)6-3-7-8(13-4-12-7)5-1-2-15-9(5)6/h3-4H,1-2H2,(H2,11,14)(H,12,13). The lowest BCUT2D eigenvalue weighted by Gasteiger charge is -2.04. The quantitative estimate of drug-likeness (QED) is 0.712. The first kappa shape index (κ1) is 8.28. The fourth-order valence-corrected chi connectivity index (χ4v) is 1.98. The molecule has 0 aliphatic carbocycles. The second kappa shape index (κ2) is 2.73. The summed E-state index contributed by atoms with van der Waals surface area (Å²) in [5.74, 6) is 0.136. The van der Waals surface area contributed by atoms with Gasteiger partial charge in [-0.2, -0.15) is 0 Å². The molecule has 0 unspecified atom stereocenters. The average Bonchev–Trinajstić information content (AvgIpc) is 2.83. The molecule has 15 heavy (non-hydrogen) atoms. The molecule has 5 heteroatoms. The summed E-state index contributed by atoms with van der Waals surface area (Å²) in [5.41, 5.74) is 8.40. The van der Waals surface area contributed by atoms with Crippen molar-refractivity contribution >= 4 is 16.9 Å². The molecule has 2 aromatic rings. The van der Waals surface area contributed by atoms with Crippen molar-refractivity contribution in [1.82, 2.24) is 9.97 Å². The Morgan fingerprint density at radius 2 is 2.47 bits per heavy atom. The first-order valence-corrected chi connectivity index (χ1v) is 4.69. The molecule has 5 nitrogen and oxygen atoms in total. The fourth-order valence-electron chi connectivity index (χ4n) is 1.98. The molecule has 0 spiro atoms. The summed E-state index contributed by atoms with van der Waals surface area (Å²) in [6, 6.07) is 1.66. The van der Waals surface area contributed by atoms with Crippen molar-refractivity contribution in [3.63, 3.8) is 0 Å². The maximum absolute atomic E-state index is 11.2. The van der Waals surface area contributed by atoms with E-state index in [1.807, 2.05) is 0 Å². The molecule has 0 fully saturated rings. The molecule has 0 saturated heterocycles. The zero-order valence-electron chi connectivity index (χ0n) is 7.91. The van der Waals surface area contributed by atoms with Gasteiger partial charge in [-0.3, -0.25) is 4.79 Å². The number of aromatic nitrogens is 2. The van der Waals surface area contributed by atoms with Crippen LogP contribution in [0.4, 0.5) is 0 Å². The minimum absolute atomic E-state index is 0.419. The molecular formula is C10H9N3O2. The SMILES string of the molecule is NC(=O)c1cc2nc[nH]c2c2c1OCC2. The number of nitrogens with one attached hydrogen (secondary N) is 1. The molecule has 1 aliphatic rings. The Morgan fingerprint density at radius 3 is 3.27 bits per heavy atom. The maximum atomic E-state index is 11.2. The third-order valence-electron chi connectivity index (χ3n) is 2.63. The maximum Gasteiger partial charge on any atom is 0.252 e. The molecule has 0 atom stereocenters. The van der Waals surface area contributed by atoms with Crippen LogP contribution in [-0.2, 0) is 6.42 Å². The number of ether oxygens (including phenoxy) is 1. The van der Waals surface area contributed by atoms with Gasteiger partial charge in [0.2, 0.25) is 0 Å². The number of aromatic amines is 1. The highest BCUT2D eigenvalue weighted by molar-refractivity contribution is 6.01. The normalized spacial score (nSPS) is 13.9. The highest BCUT2D eigenvalue weighted by Crippen LogP contribution is 2.34. The van der Waals surface area contributed by atoms with Crippen molar-refractivity contribution in [1.29, 1.82) is 0 Å². The molecule has 0 bridgehead atoms. The molecule has 1 aromatic carbocycles. The minimum atomic E-state index is -0.474. The number of carbonyl (C=O) groups is 1. The van der Waals surface area contributed by atoms with Crippen molar-refractivity contribution < 1.29 is 9.53 Å². The Balaban J connectivity index is 2.42. The topological polar surface area (TPSA) is 81.0 Å². The van der Waals surface area contributed by atoms with Crippen molar-refractivity contribution in [2.45, 2.75) is 6.42 Å². The van der Waals surface area contributed by atoms with Crippen LogP contribution in [0.2, 0.25) is 0 Å². The predicted molar refractivity (Wildman–Crippen MR) is 53.8 cm³/mol. The largest absolute Gasteiger partial charge is 0.492 e. The number of carbonyl (C=O) groups excluding carboxylic acids is 1. The van der Waals surface area contributed by atoms with Gasteiger partial charge in [0.05, 0.1) is 29.5 Å². The van der Waals surface area contributed by atoms with Gasteiger partial charge in [0.15, 0.2) is 0 Å². The summed E-state index contributed by atoms with van der Waals surface area (Å²) in [7, 11) is 0. The Hall–Kier alpha value is -2.04. The lowest BCUT2D eigenvalue weighted by atomic mass is 10.1. The average molecular weight is 203 g/mol. The van der Waals surface area contributed by atoms with E-state index in [4.69, 9.17) is 10.5 Å². The van der Waals surface area contributed by atoms with Crippen LogP contribution in [0.3, 0.4) is 0 Å². The Labute approximate surface area is 85.2 Å². The van der Waals surface area contributed by atoms with Gasteiger partial charge in [-0.15, -0.1) is 0 Å². The first-order chi connectivity index (χ1) is 7.27. The molecule has 0 saturated carbocycles. The van der Waals surface area contributed by atoms with Crippen LogP contribution < -0.4 is 10.5 Å². The van der Waals surface area contributed by atoms with Crippen LogP contribution in [0.15, 0.2) is 12.4 Å². The van der Waals surface area contributed by atoms with Gasteiger partial charge in [0.1, 0.15) is 5.75 Å². The van der Waals surface area contributed by atoms with E-state index in [1.54, 1.807) is 12.4 Å². The zero-order chi connectivity index (χ0) is 10.4. The summed E-state index contributed by atoms with van der Waals surface area (Å²) >= 11 is 0. The molecule has 1 aliphatic heterocycles. The molecule has 1 amide bonds. The van der Waals surface area contributed by atoms with Crippen LogP contribution in [-0.4, -0.2) is 22.5 Å². The first-order valence-electron chi connectivity index (χ1n) is 4.69. The number of hydrogen-bond donors (Lipinski definition) is 2. The van der Waals surface area contributed by atoms with Crippen molar-refractivity contribution in [3.05, 3.63) is 23.5 Å². The summed E-state index contributed by atoms with van der Waals surface area (Å²) in [6.45, 7) is 0.591. The summed E-state index contributed by atoms with van der Waals surface area (Å²) in [5, 5.41) is 0. The number of primary amides is 1. The van der Waals surface area contributed by atoms with E-state index in [1.165, 1.54) is 0 Å². The minimum Gasteiger partial charge on any atom is -0.492 e. The Morgan fingerprint density at radius 1 is 1.60 bits per heavy atom. The number of H-pyrrole nitrogens is 1. The van der Waals surface area contributed by atoms with E-state index in [2.05, 4.69) is 9.97 Å². The fraction of sp³-hybridized carbons (Fsp3) is 0.200. The Bertz CT molecular complexity index is 559. The third-order valence-corrected chi connectivity index (χ3v) is 2.63. The van der Waals surface area contributed by atoms with Gasteiger partial charge in [-0.1, -0.05) is 0 Å². The molecule has 76 valence electrons. The molecule has 3 N–H and O–H groups in total. The smallest absolute Gasteiger partial charge is 0.252 e. The molecule has 0 radical (unpaired) electrons. The second-order valence-corrected chi connectivity index (χ2v) is 3.49. The third kappa shape index (κ3) is 1.03. The van der Waals surface area contributed by atoms with Crippen LogP contribution in [0.25, 0.3) is 11.0 Å². The van der Waals surface area contributed by atoms with E-state index < -0.39 is 5.91 Å². The van der Waals surface area contributed by atoms with Gasteiger partial charge in [0.25, 0.3) is 5.91 Å². The number of nitrogens with two attached hydrogens (primary N) is 1. The summed E-state index contributed by atoms with van der Waals surface area (Å²) in [6.07, 6.45) is 2.39. The molecule has 2 heterocycles. The molecule has 1 aromatic heterocycles. The lowest BCUT2D eigenvalue weighted by molar-refractivity contribution is 0.0997. The van der Waals surface area contributed by atoms with E-state index >= 15 is 0 Å². The monoisotopic (exact) mass is 203 g/mol. The van der Waals surface area contributed by atoms with Gasteiger partial charge in [-0.05, 0) is 6.07 Å². The van der Waals surface area contributed by atoms with Crippen LogP contribution >= 0.6 is 0 Å². The van der Waals surface area contributed by atoms with E-state index in [9.17, 15) is 4.79 Å². The zero-order valence-corrected chi connectivity index (χ0v) is 7.91. The number of fused-ring (bicyclic) bond motifs is 3. The van der Waals surface area contributed by atoms with Crippen LogP contribution in [0.5, 0.6) is 5.75 Å². The van der Waals surface area contributed by atoms with Gasteiger partial charge in [0, 0.05) is 12.0 Å². The van der Waals surface area contributed by atoms with E-state index in [-0.39, 0.29) is 0 Å². The number of hydrogen-bond acceptors (Lipinski definition) is 3. The van der Waals surface area contributed by atoms with Crippen molar-refractivity contribution in [2.75, 3.05) is 6.61 Å². The number of nitrogens with zero attached hydrogens (tertiary/aromatic N) is 1. The van der Waals surface area contributed by atoms with Gasteiger partial charge < -0.3 is 15.5 Å². The Kier molecular flexibility index (Phi) is 1.50. The summed E-state index contributed by atoms with van der Waals surface area (Å²) in [4.78, 5) is 18.4. The number of benzene rings is 1. The van der Waals surface area contributed by atoms with Crippen LogP contribution in [0.1, 0.15) is 15.9 Å². The predicted octanol–water partition coefficient (Wildman–Crippen LogP) is 0.597. The van der Waals surface area contributed by atoms with E-state index in [0.717, 1.165) is 23.0 Å². The van der Waals surface area contributed by atoms with Gasteiger partial charge >= 0.3 is 0 Å². The molecular weight excluding hydrogens is 194 g/mol. The van der Waals surface area contributed by atoms with Crippen LogP contribution in [0, 0.1) is 0 Å². The highest BCUT2D eigenvalue weighted by atomic mass is 16.5. The number of amides is 1. The van der Waals surface area contributed by atoms with Gasteiger partial charge in [-0.25, -0.2) is 4.98 Å². The summed E-state index contributed by atoms with van der Waals surface area (Å²) < 4.78 is 5.42. The highest BCUT2D eigenvalue weighted by Gasteiger charge is 2.23. The number of rotatable bonds is 1. The van der Waals surface area contributed by atoms with Crippen molar-refractivity contribution in [2.24, 2.45) is 5.73 Å².